The molecule has 0 aromatic rings. The molecule has 0 heterocycles. The molecule has 0 aromatic heterocycles. The van der Waals surface area contributed by atoms with Crippen LogP contribution in [-0.4, -0.2) is 26.0 Å². The van der Waals surface area contributed by atoms with Crippen LogP contribution in [0.25, 0.3) is 0 Å². The predicted octanol–water partition coefficient (Wildman–Crippen LogP) is 2.35. The Morgan fingerprint density at radius 1 is 1.19 bits per heavy atom. The lowest BCUT2D eigenvalue weighted by Crippen LogP contribution is -2.35. The van der Waals surface area contributed by atoms with Crippen molar-refractivity contribution in [2.24, 2.45) is 5.92 Å². The molecule has 2 N–H and O–H groups in total. The van der Waals surface area contributed by atoms with Gasteiger partial charge in [0, 0.05) is 6.54 Å². The second kappa shape index (κ2) is 12.8. The van der Waals surface area contributed by atoms with Crippen molar-refractivity contribution < 1.29 is 4.79 Å². The predicted molar refractivity (Wildman–Crippen MR) is 72.1 cm³/mol. The Labute approximate surface area is 106 Å². The van der Waals surface area contributed by atoms with Gasteiger partial charge >= 0.3 is 0 Å². The molecule has 16 heavy (non-hydrogen) atoms. The highest BCUT2D eigenvalue weighted by molar-refractivity contribution is 5.85. The van der Waals surface area contributed by atoms with Gasteiger partial charge in [-0.25, -0.2) is 0 Å². The van der Waals surface area contributed by atoms with Crippen LogP contribution in [0.3, 0.4) is 0 Å². The highest BCUT2D eigenvalue weighted by Gasteiger charge is 2.08. The maximum atomic E-state index is 11.3. The minimum absolute atomic E-state index is 0. The van der Waals surface area contributed by atoms with Gasteiger partial charge in [0.15, 0.2) is 0 Å². The Morgan fingerprint density at radius 2 is 1.88 bits per heavy atom. The normalized spacial score (nSPS) is 11.7. The Balaban J connectivity index is 0. The van der Waals surface area contributed by atoms with Gasteiger partial charge in [0.25, 0.3) is 0 Å². The quantitative estimate of drug-likeness (QED) is 0.660. The van der Waals surface area contributed by atoms with Crippen LogP contribution in [0, 0.1) is 5.92 Å². The number of unbranched alkanes of at least 4 members (excludes halogenated alkanes) is 1. The van der Waals surface area contributed by atoms with Gasteiger partial charge in [-0.05, 0) is 25.8 Å². The zero-order valence-corrected chi connectivity index (χ0v) is 11.7. The van der Waals surface area contributed by atoms with E-state index in [4.69, 9.17) is 0 Å². The lowest BCUT2D eigenvalue weighted by molar-refractivity contribution is -0.120. The summed E-state index contributed by atoms with van der Waals surface area (Å²) in [6, 6.07) is 0. The van der Waals surface area contributed by atoms with Gasteiger partial charge in [-0.3, -0.25) is 4.79 Å². The molecular weight excluding hydrogens is 224 g/mol. The average Bonchev–Trinajstić information content (AvgIpc) is 2.22. The number of carbonyl (C=O) groups excluding carboxylic acids is 1. The largest absolute Gasteiger partial charge is 0.355 e. The smallest absolute Gasteiger partial charge is 0.233 e. The molecule has 0 rings (SSSR count). The van der Waals surface area contributed by atoms with Crippen LogP contribution < -0.4 is 10.6 Å². The summed E-state index contributed by atoms with van der Waals surface area (Å²) in [5.41, 5.74) is 0. The fourth-order valence-electron chi connectivity index (χ4n) is 1.73. The van der Waals surface area contributed by atoms with E-state index in [1.165, 1.54) is 32.1 Å². The minimum atomic E-state index is 0. The monoisotopic (exact) mass is 250 g/mol. The first-order chi connectivity index (χ1) is 7.24. The van der Waals surface area contributed by atoms with Gasteiger partial charge in [0.2, 0.25) is 5.91 Å². The highest BCUT2D eigenvalue weighted by Crippen LogP contribution is 2.13. The van der Waals surface area contributed by atoms with Crippen molar-refractivity contribution in [2.45, 2.75) is 46.0 Å². The molecule has 1 amide bonds. The summed E-state index contributed by atoms with van der Waals surface area (Å²) >= 11 is 0. The highest BCUT2D eigenvalue weighted by atomic mass is 35.5. The van der Waals surface area contributed by atoms with Crippen LogP contribution in [0.1, 0.15) is 46.0 Å². The van der Waals surface area contributed by atoms with Crippen molar-refractivity contribution in [3.63, 3.8) is 0 Å². The summed E-state index contributed by atoms with van der Waals surface area (Å²) in [7, 11) is 1.79. The molecule has 0 saturated carbocycles. The molecule has 0 saturated heterocycles. The molecule has 0 aliphatic heterocycles. The topological polar surface area (TPSA) is 41.1 Å². The van der Waals surface area contributed by atoms with E-state index < -0.39 is 0 Å². The SMILES string of the molecule is CCCCC(CCC)CNC(=O)CNC.Cl. The minimum Gasteiger partial charge on any atom is -0.355 e. The third kappa shape index (κ3) is 10.2. The van der Waals surface area contributed by atoms with Crippen LogP contribution in [0.4, 0.5) is 0 Å². The standard InChI is InChI=1S/C12H26N2O.ClH/c1-4-6-8-11(7-5-2)9-14-12(15)10-13-3;/h11,13H,4-10H2,1-3H3,(H,14,15);1H. The summed E-state index contributed by atoms with van der Waals surface area (Å²) in [6.45, 7) is 5.68. The third-order valence-electron chi connectivity index (χ3n) is 2.59. The first-order valence-electron chi connectivity index (χ1n) is 6.15. The van der Waals surface area contributed by atoms with Gasteiger partial charge < -0.3 is 10.6 Å². The van der Waals surface area contributed by atoms with E-state index in [-0.39, 0.29) is 18.3 Å². The number of carbonyl (C=O) groups is 1. The molecule has 0 radical (unpaired) electrons. The molecule has 4 heteroatoms. The fourth-order valence-corrected chi connectivity index (χ4v) is 1.73. The van der Waals surface area contributed by atoms with Crippen LogP contribution in [0.5, 0.6) is 0 Å². The van der Waals surface area contributed by atoms with Gasteiger partial charge in [0.1, 0.15) is 0 Å². The van der Waals surface area contributed by atoms with Crippen molar-refractivity contribution in [1.29, 1.82) is 0 Å². The molecule has 0 aliphatic carbocycles. The van der Waals surface area contributed by atoms with E-state index in [9.17, 15) is 4.79 Å². The maximum Gasteiger partial charge on any atom is 0.233 e. The molecule has 1 atom stereocenters. The summed E-state index contributed by atoms with van der Waals surface area (Å²) in [4.78, 5) is 11.3. The molecule has 0 aliphatic rings. The van der Waals surface area contributed by atoms with E-state index in [0.717, 1.165) is 6.54 Å². The lowest BCUT2D eigenvalue weighted by atomic mass is 9.97. The number of likely N-dealkylation sites (N-methyl/N-ethyl adjacent to an activating group) is 1. The van der Waals surface area contributed by atoms with Crippen LogP contribution in [0.15, 0.2) is 0 Å². The van der Waals surface area contributed by atoms with Crippen molar-refractivity contribution in [3.8, 4) is 0 Å². The molecule has 0 bridgehead atoms. The van der Waals surface area contributed by atoms with E-state index >= 15 is 0 Å². The van der Waals surface area contributed by atoms with Crippen LogP contribution in [-0.2, 0) is 4.79 Å². The van der Waals surface area contributed by atoms with Crippen LogP contribution >= 0.6 is 12.4 Å². The summed E-state index contributed by atoms with van der Waals surface area (Å²) in [5.74, 6) is 0.769. The number of halogens is 1. The van der Waals surface area contributed by atoms with Crippen LogP contribution in [0.2, 0.25) is 0 Å². The van der Waals surface area contributed by atoms with Crippen molar-refractivity contribution in [3.05, 3.63) is 0 Å². The average molecular weight is 251 g/mol. The van der Waals surface area contributed by atoms with E-state index in [0.29, 0.717) is 12.5 Å². The number of hydrogen-bond acceptors (Lipinski definition) is 2. The zero-order valence-electron chi connectivity index (χ0n) is 10.8. The third-order valence-corrected chi connectivity index (χ3v) is 2.59. The first kappa shape index (κ1) is 18.1. The Kier molecular flexibility index (Phi) is 14.5. The van der Waals surface area contributed by atoms with Gasteiger partial charge in [-0.1, -0.05) is 33.1 Å². The van der Waals surface area contributed by atoms with Gasteiger partial charge in [-0.2, -0.15) is 0 Å². The van der Waals surface area contributed by atoms with Crippen molar-refractivity contribution in [1.82, 2.24) is 10.6 Å². The number of amides is 1. The van der Waals surface area contributed by atoms with Crippen molar-refractivity contribution >= 4 is 18.3 Å². The second-order valence-corrected chi connectivity index (χ2v) is 4.13. The lowest BCUT2D eigenvalue weighted by Gasteiger charge is -2.16. The molecule has 1 unspecified atom stereocenters. The molecule has 98 valence electrons. The molecule has 0 aromatic carbocycles. The Bertz CT molecular complexity index is 165. The Hall–Kier alpha value is -0.280. The van der Waals surface area contributed by atoms with E-state index in [1.54, 1.807) is 7.05 Å². The summed E-state index contributed by atoms with van der Waals surface area (Å²) < 4.78 is 0. The van der Waals surface area contributed by atoms with Gasteiger partial charge in [0.05, 0.1) is 6.54 Å². The first-order valence-corrected chi connectivity index (χ1v) is 6.15. The molecular formula is C12H27ClN2O. The molecule has 0 fully saturated rings. The number of nitrogens with one attached hydrogen (secondary N) is 2. The van der Waals surface area contributed by atoms with E-state index in [1.807, 2.05) is 0 Å². The number of hydrogen-bond donors (Lipinski definition) is 2. The van der Waals surface area contributed by atoms with E-state index in [2.05, 4.69) is 24.5 Å². The summed E-state index contributed by atoms with van der Waals surface area (Å²) in [5, 5.41) is 5.83. The second-order valence-electron chi connectivity index (χ2n) is 4.13. The number of rotatable bonds is 9. The maximum absolute atomic E-state index is 11.3. The Morgan fingerprint density at radius 3 is 2.38 bits per heavy atom. The molecule has 0 spiro atoms. The van der Waals surface area contributed by atoms with Gasteiger partial charge in [-0.15, -0.1) is 12.4 Å². The fraction of sp³-hybridized carbons (Fsp3) is 0.917. The van der Waals surface area contributed by atoms with Crippen molar-refractivity contribution in [2.75, 3.05) is 20.1 Å². The molecule has 3 nitrogen and oxygen atoms in total. The summed E-state index contributed by atoms with van der Waals surface area (Å²) in [6.07, 6.45) is 6.18. The zero-order chi connectivity index (χ0) is 11.5.